The summed E-state index contributed by atoms with van der Waals surface area (Å²) in [5.74, 6) is 1.80. The lowest BCUT2D eigenvalue weighted by atomic mass is 10.2. The zero-order valence-electron chi connectivity index (χ0n) is 13.2. The summed E-state index contributed by atoms with van der Waals surface area (Å²) >= 11 is 0. The van der Waals surface area contributed by atoms with Gasteiger partial charge in [0.2, 0.25) is 5.95 Å². The van der Waals surface area contributed by atoms with Crippen molar-refractivity contribution >= 4 is 22.9 Å². The molecule has 0 radical (unpaired) electrons. The number of nitrogens with one attached hydrogen (secondary N) is 2. The van der Waals surface area contributed by atoms with Crippen molar-refractivity contribution in [1.29, 1.82) is 0 Å². The summed E-state index contributed by atoms with van der Waals surface area (Å²) in [6.45, 7) is 0.941. The fraction of sp³-hybridized carbons (Fsp3) is 0.250. The van der Waals surface area contributed by atoms with Crippen molar-refractivity contribution in [3.63, 3.8) is 0 Å². The average molecular weight is 326 g/mol. The van der Waals surface area contributed by atoms with Gasteiger partial charge in [-0.1, -0.05) is 12.1 Å². The van der Waals surface area contributed by atoms with Crippen molar-refractivity contribution in [3.05, 3.63) is 42.2 Å². The molecule has 3 rings (SSSR count). The van der Waals surface area contributed by atoms with Gasteiger partial charge in [0.25, 0.3) is 0 Å². The number of methoxy groups -OCH3 is 1. The molecule has 0 aliphatic heterocycles. The molecule has 0 aliphatic rings. The highest BCUT2D eigenvalue weighted by molar-refractivity contribution is 5.83. The first-order chi connectivity index (χ1) is 11.8. The first-order valence-corrected chi connectivity index (χ1v) is 7.50. The van der Waals surface area contributed by atoms with E-state index in [2.05, 4.69) is 30.6 Å². The Hall–Kier alpha value is -3.00. The lowest BCUT2D eigenvalue weighted by Gasteiger charge is -2.10. The smallest absolute Gasteiger partial charge is 0.227 e. The zero-order chi connectivity index (χ0) is 16.8. The Balaban J connectivity index is 1.80. The van der Waals surface area contributed by atoms with Crippen LogP contribution in [0.5, 0.6) is 5.75 Å². The molecule has 8 nitrogen and oxygen atoms in total. The third-order valence-electron chi connectivity index (χ3n) is 3.35. The number of hydrogen-bond acceptors (Lipinski definition) is 8. The van der Waals surface area contributed by atoms with Gasteiger partial charge < -0.3 is 20.5 Å². The Morgan fingerprint density at radius 1 is 1.04 bits per heavy atom. The molecule has 8 heteroatoms. The summed E-state index contributed by atoms with van der Waals surface area (Å²) in [6.07, 6.45) is 3.17. The molecule has 0 unspecified atom stereocenters. The SMILES string of the molecule is COc1ccc(CNc2nc(NCCO)c3nccnc3n2)cc1. The molecule has 124 valence electrons. The molecule has 0 spiro atoms. The summed E-state index contributed by atoms with van der Waals surface area (Å²) in [5, 5.41) is 15.2. The maximum Gasteiger partial charge on any atom is 0.227 e. The second-order valence-electron chi connectivity index (χ2n) is 4.98. The van der Waals surface area contributed by atoms with Crippen LogP contribution in [0.25, 0.3) is 11.2 Å². The zero-order valence-corrected chi connectivity index (χ0v) is 13.2. The number of rotatable bonds is 7. The molecule has 0 saturated carbocycles. The summed E-state index contributed by atoms with van der Waals surface area (Å²) in [4.78, 5) is 17.2. The highest BCUT2D eigenvalue weighted by Crippen LogP contribution is 2.18. The van der Waals surface area contributed by atoms with E-state index in [9.17, 15) is 0 Å². The quantitative estimate of drug-likeness (QED) is 0.599. The Kier molecular flexibility index (Phi) is 4.97. The van der Waals surface area contributed by atoms with Gasteiger partial charge in [-0.3, -0.25) is 0 Å². The van der Waals surface area contributed by atoms with Gasteiger partial charge in [-0.05, 0) is 17.7 Å². The standard InChI is InChI=1S/C16H18N6O2/c1-24-12-4-2-11(3-5-12)10-20-16-21-14-13(17-6-7-18-14)15(22-16)19-8-9-23/h2-7,23H,8-10H2,1H3,(H2,18,19,20,21,22). The van der Waals surface area contributed by atoms with Crippen LogP contribution in [0.2, 0.25) is 0 Å². The van der Waals surface area contributed by atoms with Crippen LogP contribution in [-0.2, 0) is 6.54 Å². The second kappa shape index (κ2) is 7.51. The van der Waals surface area contributed by atoms with Crippen LogP contribution < -0.4 is 15.4 Å². The van der Waals surface area contributed by atoms with Crippen molar-refractivity contribution in [2.45, 2.75) is 6.54 Å². The molecule has 0 fully saturated rings. The minimum atomic E-state index is 0.000366. The summed E-state index contributed by atoms with van der Waals surface area (Å²) in [7, 11) is 1.64. The molecule has 0 saturated heterocycles. The van der Waals surface area contributed by atoms with Gasteiger partial charge in [-0.15, -0.1) is 0 Å². The third kappa shape index (κ3) is 3.66. The first-order valence-electron chi connectivity index (χ1n) is 7.50. The van der Waals surface area contributed by atoms with Crippen LogP contribution in [0.3, 0.4) is 0 Å². The van der Waals surface area contributed by atoms with E-state index in [1.54, 1.807) is 19.5 Å². The van der Waals surface area contributed by atoms with Crippen molar-refractivity contribution in [2.24, 2.45) is 0 Å². The number of aliphatic hydroxyl groups is 1. The second-order valence-corrected chi connectivity index (χ2v) is 4.98. The Labute approximate surface area is 139 Å². The van der Waals surface area contributed by atoms with Crippen LogP contribution in [-0.4, -0.2) is 45.3 Å². The van der Waals surface area contributed by atoms with Gasteiger partial charge in [-0.2, -0.15) is 9.97 Å². The van der Waals surface area contributed by atoms with Crippen LogP contribution >= 0.6 is 0 Å². The maximum atomic E-state index is 9.00. The maximum absolute atomic E-state index is 9.00. The van der Waals surface area contributed by atoms with E-state index >= 15 is 0 Å². The Bertz CT molecular complexity index is 809. The van der Waals surface area contributed by atoms with E-state index in [-0.39, 0.29) is 6.61 Å². The number of benzene rings is 1. The molecule has 1 aromatic carbocycles. The van der Waals surface area contributed by atoms with E-state index in [4.69, 9.17) is 9.84 Å². The lowest BCUT2D eigenvalue weighted by Crippen LogP contribution is -2.11. The minimum Gasteiger partial charge on any atom is -0.497 e. The number of aliphatic hydroxyl groups excluding tert-OH is 1. The van der Waals surface area contributed by atoms with Gasteiger partial charge in [0, 0.05) is 25.5 Å². The molecule has 24 heavy (non-hydrogen) atoms. The molecule has 0 aliphatic carbocycles. The van der Waals surface area contributed by atoms with E-state index in [1.165, 1.54) is 0 Å². The van der Waals surface area contributed by atoms with Gasteiger partial charge in [0.1, 0.15) is 5.75 Å². The number of hydrogen-bond donors (Lipinski definition) is 3. The summed E-state index contributed by atoms with van der Waals surface area (Å²) in [6, 6.07) is 7.74. The molecule has 0 atom stereocenters. The Morgan fingerprint density at radius 2 is 1.83 bits per heavy atom. The van der Waals surface area contributed by atoms with Crippen LogP contribution in [0.4, 0.5) is 11.8 Å². The molecule has 0 bridgehead atoms. The largest absolute Gasteiger partial charge is 0.497 e. The van der Waals surface area contributed by atoms with Gasteiger partial charge in [-0.25, -0.2) is 9.97 Å². The van der Waals surface area contributed by atoms with Crippen molar-refractivity contribution in [2.75, 3.05) is 30.9 Å². The highest BCUT2D eigenvalue weighted by atomic mass is 16.5. The van der Waals surface area contributed by atoms with Gasteiger partial charge in [0.15, 0.2) is 17.0 Å². The van der Waals surface area contributed by atoms with Crippen LogP contribution in [0.1, 0.15) is 5.56 Å². The minimum absolute atomic E-state index is 0.000366. The van der Waals surface area contributed by atoms with E-state index in [0.717, 1.165) is 11.3 Å². The van der Waals surface area contributed by atoms with Crippen molar-refractivity contribution < 1.29 is 9.84 Å². The molecule has 2 heterocycles. The van der Waals surface area contributed by atoms with Crippen molar-refractivity contribution in [1.82, 2.24) is 19.9 Å². The third-order valence-corrected chi connectivity index (χ3v) is 3.35. The fourth-order valence-electron chi connectivity index (χ4n) is 2.16. The molecular formula is C16H18N6O2. The molecule has 2 aromatic heterocycles. The summed E-state index contributed by atoms with van der Waals surface area (Å²) < 4.78 is 5.14. The molecule has 0 amide bonds. The number of nitrogens with zero attached hydrogens (tertiary/aromatic N) is 4. The lowest BCUT2D eigenvalue weighted by molar-refractivity contribution is 0.311. The topological polar surface area (TPSA) is 105 Å². The van der Waals surface area contributed by atoms with Crippen molar-refractivity contribution in [3.8, 4) is 5.75 Å². The van der Waals surface area contributed by atoms with Gasteiger partial charge in [0.05, 0.1) is 13.7 Å². The van der Waals surface area contributed by atoms with Gasteiger partial charge >= 0.3 is 0 Å². The number of fused-ring (bicyclic) bond motifs is 1. The first kappa shape index (κ1) is 15.9. The normalized spacial score (nSPS) is 10.6. The predicted molar refractivity (Wildman–Crippen MR) is 91.0 cm³/mol. The number of anilines is 2. The molecule has 3 N–H and O–H groups in total. The number of aromatic nitrogens is 4. The van der Waals surface area contributed by atoms with Crippen LogP contribution in [0.15, 0.2) is 36.7 Å². The molecule has 3 aromatic rings. The Morgan fingerprint density at radius 3 is 2.58 bits per heavy atom. The summed E-state index contributed by atoms with van der Waals surface area (Å²) in [5.41, 5.74) is 2.13. The highest BCUT2D eigenvalue weighted by Gasteiger charge is 2.09. The monoisotopic (exact) mass is 326 g/mol. The molecular weight excluding hydrogens is 308 g/mol. The average Bonchev–Trinajstić information content (AvgIpc) is 2.64. The van der Waals surface area contributed by atoms with E-state index in [1.807, 2.05) is 24.3 Å². The number of ether oxygens (including phenoxy) is 1. The predicted octanol–water partition coefficient (Wildman–Crippen LogP) is 1.44. The van der Waals surface area contributed by atoms with E-state index in [0.29, 0.717) is 36.0 Å². The van der Waals surface area contributed by atoms with Crippen LogP contribution in [0, 0.1) is 0 Å². The van der Waals surface area contributed by atoms with E-state index < -0.39 is 0 Å². The fourth-order valence-corrected chi connectivity index (χ4v) is 2.16.